The van der Waals surface area contributed by atoms with Gasteiger partial charge < -0.3 is 0 Å². The van der Waals surface area contributed by atoms with Crippen molar-refractivity contribution >= 4 is 33.7 Å². The molecule has 4 nitrogen and oxygen atoms in total. The molecule has 0 spiro atoms. The first-order chi connectivity index (χ1) is 11.2. The van der Waals surface area contributed by atoms with E-state index in [1.807, 2.05) is 0 Å². The summed E-state index contributed by atoms with van der Waals surface area (Å²) in [5.74, 6) is -0.562. The number of fused-ring (bicyclic) bond motifs is 1. The van der Waals surface area contributed by atoms with E-state index in [1.165, 1.54) is 16.7 Å². The molecular formula is C15H16F3N3OS2. The second-order valence-electron chi connectivity index (χ2n) is 5.85. The molecular weight excluding hydrogens is 359 g/mol. The molecule has 0 aliphatic carbocycles. The summed E-state index contributed by atoms with van der Waals surface area (Å²) in [6.07, 6.45) is -3.61. The van der Waals surface area contributed by atoms with Crippen LogP contribution in [0.25, 0.3) is 0 Å². The van der Waals surface area contributed by atoms with Gasteiger partial charge in [-0.2, -0.15) is 13.2 Å². The van der Waals surface area contributed by atoms with Gasteiger partial charge >= 0.3 is 6.18 Å². The van der Waals surface area contributed by atoms with E-state index in [4.69, 9.17) is 0 Å². The monoisotopic (exact) mass is 375 g/mol. The number of amides is 1. The molecule has 24 heavy (non-hydrogen) atoms. The Morgan fingerprint density at radius 2 is 2.17 bits per heavy atom. The van der Waals surface area contributed by atoms with Crippen molar-refractivity contribution in [2.24, 2.45) is 0 Å². The molecule has 1 aliphatic heterocycles. The van der Waals surface area contributed by atoms with E-state index in [2.05, 4.69) is 29.0 Å². The molecule has 1 aliphatic rings. The summed E-state index contributed by atoms with van der Waals surface area (Å²) in [6, 6.07) is 1.30. The van der Waals surface area contributed by atoms with Gasteiger partial charge in [0.05, 0.1) is 11.3 Å². The molecule has 0 fully saturated rings. The number of hydrogen-bond acceptors (Lipinski definition) is 5. The number of nitrogens with one attached hydrogen (secondary N) is 1. The highest BCUT2D eigenvalue weighted by Gasteiger charge is 2.33. The predicted octanol–water partition coefficient (Wildman–Crippen LogP) is 4.24. The second kappa shape index (κ2) is 6.45. The number of halogens is 3. The van der Waals surface area contributed by atoms with Crippen LogP contribution in [0.3, 0.4) is 0 Å². The van der Waals surface area contributed by atoms with Crippen molar-refractivity contribution in [3.05, 3.63) is 32.5 Å². The summed E-state index contributed by atoms with van der Waals surface area (Å²) >= 11 is 1.91. The first kappa shape index (κ1) is 17.4. The van der Waals surface area contributed by atoms with Crippen molar-refractivity contribution < 1.29 is 18.0 Å². The molecule has 130 valence electrons. The molecule has 3 heterocycles. The Hall–Kier alpha value is -1.45. The number of thiophene rings is 1. The van der Waals surface area contributed by atoms with Crippen LogP contribution in [-0.2, 0) is 19.1 Å². The zero-order valence-electron chi connectivity index (χ0n) is 13.1. The summed E-state index contributed by atoms with van der Waals surface area (Å²) < 4.78 is 37.8. The highest BCUT2D eigenvalue weighted by Crippen LogP contribution is 2.34. The van der Waals surface area contributed by atoms with E-state index in [1.54, 1.807) is 0 Å². The van der Waals surface area contributed by atoms with Crippen molar-refractivity contribution in [2.45, 2.75) is 39.0 Å². The first-order valence-corrected chi connectivity index (χ1v) is 9.13. The largest absolute Gasteiger partial charge is 0.425 e. The quantitative estimate of drug-likeness (QED) is 0.873. The summed E-state index contributed by atoms with van der Waals surface area (Å²) in [7, 11) is 0. The number of thiazole rings is 1. The fourth-order valence-electron chi connectivity index (χ4n) is 2.48. The van der Waals surface area contributed by atoms with Gasteiger partial charge in [0, 0.05) is 35.8 Å². The minimum Gasteiger partial charge on any atom is -0.298 e. The predicted molar refractivity (Wildman–Crippen MR) is 88.6 cm³/mol. The number of rotatable bonds is 3. The maximum Gasteiger partial charge on any atom is 0.425 e. The van der Waals surface area contributed by atoms with Crippen LogP contribution in [0.15, 0.2) is 11.4 Å². The van der Waals surface area contributed by atoms with Gasteiger partial charge in [-0.15, -0.1) is 22.7 Å². The highest BCUT2D eigenvalue weighted by molar-refractivity contribution is 7.16. The topological polar surface area (TPSA) is 45.2 Å². The molecule has 0 saturated carbocycles. The van der Waals surface area contributed by atoms with Crippen molar-refractivity contribution in [2.75, 3.05) is 11.9 Å². The van der Waals surface area contributed by atoms with Gasteiger partial charge in [-0.25, -0.2) is 4.98 Å². The Balaban J connectivity index is 1.71. The number of aromatic nitrogens is 1. The summed E-state index contributed by atoms with van der Waals surface area (Å²) in [5, 5.41) is 4.27. The van der Waals surface area contributed by atoms with Crippen LogP contribution in [0.5, 0.6) is 0 Å². The molecule has 0 atom stereocenters. The van der Waals surface area contributed by atoms with Crippen LogP contribution in [0.1, 0.15) is 39.7 Å². The smallest absolute Gasteiger partial charge is 0.298 e. The first-order valence-electron chi connectivity index (χ1n) is 7.43. The van der Waals surface area contributed by atoms with Gasteiger partial charge in [0.1, 0.15) is 4.88 Å². The van der Waals surface area contributed by atoms with Gasteiger partial charge in [0.25, 0.3) is 5.91 Å². The fourth-order valence-corrected chi connectivity index (χ4v) is 4.27. The zero-order chi connectivity index (χ0) is 17.5. The third-order valence-corrected chi connectivity index (χ3v) is 5.83. The van der Waals surface area contributed by atoms with Gasteiger partial charge in [-0.3, -0.25) is 15.0 Å². The van der Waals surface area contributed by atoms with Crippen molar-refractivity contribution in [1.82, 2.24) is 9.88 Å². The van der Waals surface area contributed by atoms with Crippen LogP contribution in [0.2, 0.25) is 0 Å². The number of nitrogens with zero attached hydrogens (tertiary/aromatic N) is 2. The average Bonchev–Trinajstić information content (AvgIpc) is 3.12. The van der Waals surface area contributed by atoms with Gasteiger partial charge in [-0.05, 0) is 19.9 Å². The molecule has 2 aromatic heterocycles. The molecule has 0 bridgehead atoms. The molecule has 3 rings (SSSR count). The van der Waals surface area contributed by atoms with Crippen molar-refractivity contribution in [1.29, 1.82) is 0 Å². The number of anilines is 1. The van der Waals surface area contributed by atoms with Crippen molar-refractivity contribution in [3.63, 3.8) is 0 Å². The zero-order valence-corrected chi connectivity index (χ0v) is 14.7. The normalized spacial score (nSPS) is 15.6. The van der Waals surface area contributed by atoms with Gasteiger partial charge in [-0.1, -0.05) is 0 Å². The molecule has 1 N–H and O–H groups in total. The van der Waals surface area contributed by atoms with Crippen molar-refractivity contribution in [3.8, 4) is 0 Å². The second-order valence-corrected chi connectivity index (χ2v) is 7.85. The molecule has 0 unspecified atom stereocenters. The van der Waals surface area contributed by atoms with Crippen LogP contribution in [-0.4, -0.2) is 28.4 Å². The molecule has 9 heteroatoms. The Kier molecular flexibility index (Phi) is 4.67. The van der Waals surface area contributed by atoms with Crippen LogP contribution in [0.4, 0.5) is 18.3 Å². The Bertz CT molecular complexity index is 751. The Morgan fingerprint density at radius 1 is 1.42 bits per heavy atom. The van der Waals surface area contributed by atoms with Crippen LogP contribution < -0.4 is 5.32 Å². The minimum absolute atomic E-state index is 0.00399. The average molecular weight is 375 g/mol. The van der Waals surface area contributed by atoms with Crippen LogP contribution >= 0.6 is 22.7 Å². The maximum atomic E-state index is 12.6. The lowest BCUT2D eigenvalue weighted by Crippen LogP contribution is -2.35. The standard InChI is InChI=1S/C15H16F3N3OS2/c1-8(2)21-4-3-10-11(6-21)24-14(19-10)20-13(22)9-5-12(23-7-9)15(16,17)18/h5,7-8H,3-4,6H2,1-2H3,(H,19,20,22). The van der Waals surface area contributed by atoms with E-state index in [9.17, 15) is 18.0 Å². The third-order valence-electron chi connectivity index (χ3n) is 3.85. The molecule has 0 radical (unpaired) electrons. The van der Waals surface area contributed by atoms with Gasteiger partial charge in [0.15, 0.2) is 5.13 Å². The number of carbonyl (C=O) groups is 1. The van der Waals surface area contributed by atoms with E-state index in [0.717, 1.165) is 36.1 Å². The lowest BCUT2D eigenvalue weighted by Gasteiger charge is -2.29. The van der Waals surface area contributed by atoms with E-state index in [-0.39, 0.29) is 5.56 Å². The third kappa shape index (κ3) is 3.62. The lowest BCUT2D eigenvalue weighted by molar-refractivity contribution is -0.134. The highest BCUT2D eigenvalue weighted by atomic mass is 32.1. The molecule has 1 amide bonds. The number of alkyl halides is 3. The Morgan fingerprint density at radius 3 is 2.79 bits per heavy atom. The Labute approximate surface area is 145 Å². The summed E-state index contributed by atoms with van der Waals surface area (Å²) in [6.45, 7) is 5.96. The molecule has 0 saturated heterocycles. The number of hydrogen-bond donors (Lipinski definition) is 1. The summed E-state index contributed by atoms with van der Waals surface area (Å²) in [5.41, 5.74) is 0.970. The molecule has 0 aromatic carbocycles. The SMILES string of the molecule is CC(C)N1CCc2nc(NC(=O)c3csc(C(F)(F)F)c3)sc2C1. The lowest BCUT2D eigenvalue weighted by atomic mass is 10.1. The summed E-state index contributed by atoms with van der Waals surface area (Å²) in [4.78, 5) is 19.2. The molecule has 2 aromatic rings. The van der Waals surface area contributed by atoms with E-state index in [0.29, 0.717) is 22.5 Å². The number of carbonyl (C=O) groups excluding carboxylic acids is 1. The maximum absolute atomic E-state index is 12.6. The fraction of sp³-hybridized carbons (Fsp3) is 0.467. The van der Waals surface area contributed by atoms with E-state index >= 15 is 0 Å². The van der Waals surface area contributed by atoms with Gasteiger partial charge in [0.2, 0.25) is 0 Å². The van der Waals surface area contributed by atoms with E-state index < -0.39 is 17.0 Å². The minimum atomic E-state index is -4.43. The van der Waals surface area contributed by atoms with Crippen LogP contribution in [0, 0.1) is 0 Å².